The van der Waals surface area contributed by atoms with Crippen molar-refractivity contribution in [2.45, 2.75) is 12.5 Å². The molecule has 0 radical (unpaired) electrons. The molecule has 0 aliphatic heterocycles. The molecule has 94 valence electrons. The maximum Gasteiger partial charge on any atom is 0.406 e. The Kier molecular flexibility index (Phi) is 5.55. The largest absolute Gasteiger partial charge is 0.448 e. The molecular formula is C11H14Cl2N2O2. The first-order valence-corrected chi connectivity index (χ1v) is 5.82. The minimum atomic E-state index is -0.498. The van der Waals surface area contributed by atoms with Crippen molar-refractivity contribution in [3.05, 3.63) is 33.8 Å². The van der Waals surface area contributed by atoms with E-state index in [-0.39, 0.29) is 12.6 Å². The van der Waals surface area contributed by atoms with Crippen LogP contribution in [-0.4, -0.2) is 25.8 Å². The first-order valence-electron chi connectivity index (χ1n) is 5.07. The van der Waals surface area contributed by atoms with E-state index in [0.717, 1.165) is 5.56 Å². The lowest BCUT2D eigenvalue weighted by atomic mass is 10.1. The maximum atomic E-state index is 10.8. The summed E-state index contributed by atoms with van der Waals surface area (Å²) in [7, 11) is 1.49. The Morgan fingerprint density at radius 3 is 2.82 bits per heavy atom. The van der Waals surface area contributed by atoms with Gasteiger partial charge in [-0.2, -0.15) is 0 Å². The number of hydrogen-bond donors (Lipinski definition) is 2. The Morgan fingerprint density at radius 1 is 1.53 bits per heavy atom. The van der Waals surface area contributed by atoms with Crippen LogP contribution in [0.2, 0.25) is 10.0 Å². The van der Waals surface area contributed by atoms with Crippen molar-refractivity contribution in [3.63, 3.8) is 0 Å². The molecule has 0 aromatic heterocycles. The van der Waals surface area contributed by atoms with Crippen LogP contribution in [0.15, 0.2) is 18.2 Å². The third-order valence-corrected chi connectivity index (χ3v) is 2.72. The number of hydrogen-bond acceptors (Lipinski definition) is 3. The Hall–Kier alpha value is -0.970. The molecule has 6 heteroatoms. The van der Waals surface area contributed by atoms with Crippen molar-refractivity contribution in [1.29, 1.82) is 0 Å². The molecule has 3 N–H and O–H groups in total. The molecule has 0 aliphatic rings. The van der Waals surface area contributed by atoms with Crippen LogP contribution in [0.4, 0.5) is 4.79 Å². The Bertz CT molecular complexity index is 399. The van der Waals surface area contributed by atoms with Crippen molar-refractivity contribution in [1.82, 2.24) is 5.32 Å². The van der Waals surface area contributed by atoms with E-state index in [4.69, 9.17) is 33.7 Å². The van der Waals surface area contributed by atoms with Crippen LogP contribution in [0, 0.1) is 0 Å². The molecule has 0 saturated heterocycles. The Balaban J connectivity index is 2.50. The van der Waals surface area contributed by atoms with Gasteiger partial charge in [0.2, 0.25) is 0 Å². The molecule has 0 fully saturated rings. The summed E-state index contributed by atoms with van der Waals surface area (Å²) in [4.78, 5) is 10.8. The van der Waals surface area contributed by atoms with Gasteiger partial charge in [-0.15, -0.1) is 0 Å². The predicted molar refractivity (Wildman–Crippen MR) is 68.5 cm³/mol. The van der Waals surface area contributed by atoms with Crippen LogP contribution in [-0.2, 0) is 11.2 Å². The molecule has 1 rings (SSSR count). The summed E-state index contributed by atoms with van der Waals surface area (Å²) in [5.41, 5.74) is 6.70. The van der Waals surface area contributed by atoms with Crippen LogP contribution in [0.25, 0.3) is 0 Å². The van der Waals surface area contributed by atoms with E-state index >= 15 is 0 Å². The molecule has 17 heavy (non-hydrogen) atoms. The van der Waals surface area contributed by atoms with Gasteiger partial charge in [-0.3, -0.25) is 0 Å². The van der Waals surface area contributed by atoms with Gasteiger partial charge in [-0.25, -0.2) is 4.79 Å². The third kappa shape index (κ3) is 4.81. The topological polar surface area (TPSA) is 64.3 Å². The standard InChI is InChI=1S/C11H14Cl2N2O2/c1-15-11(16)17-6-9(14)4-7-2-3-8(12)5-10(7)13/h2-3,5,9H,4,6,14H2,1H3,(H,15,16)/t9-/m0/s1. The molecule has 1 atom stereocenters. The second kappa shape index (κ2) is 6.69. The maximum absolute atomic E-state index is 10.8. The first-order chi connectivity index (χ1) is 8.02. The van der Waals surface area contributed by atoms with Crippen LogP contribution in [0.5, 0.6) is 0 Å². The van der Waals surface area contributed by atoms with Gasteiger partial charge in [0.05, 0.1) is 0 Å². The van der Waals surface area contributed by atoms with Gasteiger partial charge in [0.25, 0.3) is 0 Å². The second-order valence-corrected chi connectivity index (χ2v) is 4.39. The smallest absolute Gasteiger partial charge is 0.406 e. The van der Waals surface area contributed by atoms with E-state index in [9.17, 15) is 4.79 Å². The van der Waals surface area contributed by atoms with Gasteiger partial charge < -0.3 is 15.8 Å². The fourth-order valence-corrected chi connectivity index (χ4v) is 1.77. The highest BCUT2D eigenvalue weighted by atomic mass is 35.5. The SMILES string of the molecule is CNC(=O)OC[C@@H](N)Cc1ccc(Cl)cc1Cl. The van der Waals surface area contributed by atoms with Gasteiger partial charge in [0, 0.05) is 23.1 Å². The molecule has 1 aromatic rings. The summed E-state index contributed by atoms with van der Waals surface area (Å²) in [6.45, 7) is 0.138. The Morgan fingerprint density at radius 2 is 2.24 bits per heavy atom. The zero-order valence-electron chi connectivity index (χ0n) is 9.37. The summed E-state index contributed by atoms with van der Waals surface area (Å²) in [6.07, 6.45) is 0.0233. The van der Waals surface area contributed by atoms with Crippen molar-refractivity contribution in [2.75, 3.05) is 13.7 Å². The zero-order chi connectivity index (χ0) is 12.8. The number of alkyl carbamates (subject to hydrolysis) is 1. The van der Waals surface area contributed by atoms with Crippen molar-refractivity contribution >= 4 is 29.3 Å². The van der Waals surface area contributed by atoms with Gasteiger partial charge in [-0.1, -0.05) is 29.3 Å². The second-order valence-electron chi connectivity index (χ2n) is 3.55. The third-order valence-electron chi connectivity index (χ3n) is 2.13. The summed E-state index contributed by atoms with van der Waals surface area (Å²) >= 11 is 11.8. The highest BCUT2D eigenvalue weighted by Gasteiger charge is 2.10. The van der Waals surface area contributed by atoms with Crippen molar-refractivity contribution in [3.8, 4) is 0 Å². The number of amides is 1. The number of carbonyl (C=O) groups is 1. The number of ether oxygens (including phenoxy) is 1. The van der Waals surface area contributed by atoms with Crippen LogP contribution in [0.1, 0.15) is 5.56 Å². The molecule has 1 aromatic carbocycles. The normalized spacial score (nSPS) is 12.0. The minimum absolute atomic E-state index is 0.138. The van der Waals surface area contributed by atoms with E-state index in [1.54, 1.807) is 12.1 Å². The summed E-state index contributed by atoms with van der Waals surface area (Å²) in [5.74, 6) is 0. The van der Waals surface area contributed by atoms with Crippen molar-refractivity contribution in [2.24, 2.45) is 5.73 Å². The van der Waals surface area contributed by atoms with E-state index in [1.807, 2.05) is 6.07 Å². The minimum Gasteiger partial charge on any atom is -0.448 e. The number of nitrogens with one attached hydrogen (secondary N) is 1. The summed E-state index contributed by atoms with van der Waals surface area (Å²) in [6, 6.07) is 4.91. The van der Waals surface area contributed by atoms with E-state index in [1.165, 1.54) is 7.05 Å². The monoisotopic (exact) mass is 276 g/mol. The molecule has 0 spiro atoms. The molecule has 0 unspecified atom stereocenters. The lowest BCUT2D eigenvalue weighted by Crippen LogP contribution is -2.32. The number of rotatable bonds is 4. The molecule has 0 bridgehead atoms. The molecule has 0 saturated carbocycles. The molecule has 0 aliphatic carbocycles. The average Bonchev–Trinajstić information content (AvgIpc) is 2.29. The predicted octanol–water partition coefficient (Wildman–Crippen LogP) is 2.22. The zero-order valence-corrected chi connectivity index (χ0v) is 10.9. The molecular weight excluding hydrogens is 263 g/mol. The van der Waals surface area contributed by atoms with Crippen LogP contribution < -0.4 is 11.1 Å². The average molecular weight is 277 g/mol. The quantitative estimate of drug-likeness (QED) is 0.886. The fraction of sp³-hybridized carbons (Fsp3) is 0.364. The summed E-state index contributed by atoms with van der Waals surface area (Å²) in [5, 5.41) is 3.48. The van der Waals surface area contributed by atoms with Crippen molar-refractivity contribution < 1.29 is 9.53 Å². The van der Waals surface area contributed by atoms with E-state index in [2.05, 4.69) is 5.32 Å². The molecule has 0 heterocycles. The highest BCUT2D eigenvalue weighted by Crippen LogP contribution is 2.21. The molecule has 4 nitrogen and oxygen atoms in total. The van der Waals surface area contributed by atoms with Crippen LogP contribution in [0.3, 0.4) is 0 Å². The fourth-order valence-electron chi connectivity index (χ4n) is 1.28. The van der Waals surface area contributed by atoms with Gasteiger partial charge >= 0.3 is 6.09 Å². The Labute approximate surface area is 110 Å². The number of carbonyl (C=O) groups excluding carboxylic acids is 1. The van der Waals surface area contributed by atoms with Gasteiger partial charge in [0.1, 0.15) is 6.61 Å². The lowest BCUT2D eigenvalue weighted by Gasteiger charge is -2.13. The van der Waals surface area contributed by atoms with Crippen LogP contribution >= 0.6 is 23.2 Å². The van der Waals surface area contributed by atoms with Gasteiger partial charge in [-0.05, 0) is 24.1 Å². The number of halogens is 2. The highest BCUT2D eigenvalue weighted by molar-refractivity contribution is 6.35. The number of nitrogens with two attached hydrogens (primary N) is 1. The van der Waals surface area contributed by atoms with Gasteiger partial charge in [0.15, 0.2) is 0 Å². The van der Waals surface area contributed by atoms with E-state index < -0.39 is 6.09 Å². The molecule has 1 amide bonds. The number of benzene rings is 1. The first kappa shape index (κ1) is 14.1. The summed E-state index contributed by atoms with van der Waals surface area (Å²) < 4.78 is 4.84. The van der Waals surface area contributed by atoms with E-state index in [0.29, 0.717) is 16.5 Å². The lowest BCUT2D eigenvalue weighted by molar-refractivity contribution is 0.141.